The average Bonchev–Trinajstić information content (AvgIpc) is 3.07. The number of carbonyl (C=O) groups is 2. The highest BCUT2D eigenvalue weighted by atomic mass is 16.6. The predicted octanol–water partition coefficient (Wildman–Crippen LogP) is 2.71. The van der Waals surface area contributed by atoms with Crippen LogP contribution in [0.25, 0.3) is 0 Å². The first-order chi connectivity index (χ1) is 12.1. The minimum atomic E-state index is -0.795. The second-order valence-electron chi connectivity index (χ2n) is 7.62. The molecule has 0 radical (unpaired) electrons. The third-order valence-corrected chi connectivity index (χ3v) is 6.60. The molecule has 134 valence electrons. The number of benzene rings is 1. The van der Waals surface area contributed by atoms with E-state index in [0.717, 1.165) is 31.4 Å². The van der Waals surface area contributed by atoms with Crippen LogP contribution in [0.4, 0.5) is 0 Å². The highest BCUT2D eigenvalue weighted by Crippen LogP contribution is 2.54. The molecule has 5 heteroatoms. The Kier molecular flexibility index (Phi) is 4.07. The zero-order valence-electron chi connectivity index (χ0n) is 14.8. The summed E-state index contributed by atoms with van der Waals surface area (Å²) in [5, 5.41) is 0. The number of hydrogen-bond acceptors (Lipinski definition) is 4. The number of nitrogens with zero attached hydrogens (tertiary/aromatic N) is 1. The Hall–Kier alpha value is -1.88. The maximum atomic E-state index is 12.9. The summed E-state index contributed by atoms with van der Waals surface area (Å²) < 4.78 is 11.1. The van der Waals surface area contributed by atoms with E-state index >= 15 is 0 Å². The summed E-state index contributed by atoms with van der Waals surface area (Å²) in [6.07, 6.45) is 2.83. The predicted molar refractivity (Wildman–Crippen MR) is 91.6 cm³/mol. The molecule has 0 spiro atoms. The molecule has 5 nitrogen and oxygen atoms in total. The second kappa shape index (κ2) is 6.13. The summed E-state index contributed by atoms with van der Waals surface area (Å²) in [4.78, 5) is 27.6. The van der Waals surface area contributed by atoms with Gasteiger partial charge in [-0.1, -0.05) is 36.8 Å². The zero-order valence-corrected chi connectivity index (χ0v) is 14.8. The normalized spacial score (nSPS) is 34.7. The van der Waals surface area contributed by atoms with Gasteiger partial charge in [0.1, 0.15) is 0 Å². The van der Waals surface area contributed by atoms with E-state index in [9.17, 15) is 9.59 Å². The zero-order chi connectivity index (χ0) is 17.6. The molecule has 1 aromatic rings. The molecular formula is C20H25NO4. The maximum Gasteiger partial charge on any atom is 0.340 e. The Balaban J connectivity index is 1.56. The van der Waals surface area contributed by atoms with Gasteiger partial charge in [0, 0.05) is 25.1 Å². The van der Waals surface area contributed by atoms with Gasteiger partial charge in [0.2, 0.25) is 0 Å². The van der Waals surface area contributed by atoms with Gasteiger partial charge < -0.3 is 14.4 Å². The minimum absolute atomic E-state index is 0.0202. The molecule has 0 unspecified atom stereocenters. The molecule has 0 aromatic heterocycles. The van der Waals surface area contributed by atoms with Gasteiger partial charge in [-0.15, -0.1) is 0 Å². The fraction of sp³-hybridized carbons (Fsp3) is 0.600. The molecule has 0 N–H and O–H groups in total. The summed E-state index contributed by atoms with van der Waals surface area (Å²) in [6.45, 7) is 2.97. The van der Waals surface area contributed by atoms with E-state index in [1.54, 1.807) is 0 Å². The highest BCUT2D eigenvalue weighted by Gasteiger charge is 2.64. The van der Waals surface area contributed by atoms with Crippen molar-refractivity contribution in [2.75, 3.05) is 13.7 Å². The monoisotopic (exact) mass is 343 g/mol. The lowest BCUT2D eigenvalue weighted by atomic mass is 9.68. The van der Waals surface area contributed by atoms with Crippen molar-refractivity contribution in [3.8, 4) is 0 Å². The third-order valence-electron chi connectivity index (χ3n) is 6.60. The van der Waals surface area contributed by atoms with E-state index in [1.807, 2.05) is 35.2 Å². The van der Waals surface area contributed by atoms with E-state index < -0.39 is 18.2 Å². The van der Waals surface area contributed by atoms with Crippen LogP contribution >= 0.6 is 0 Å². The molecule has 1 saturated carbocycles. The molecule has 1 amide bonds. The van der Waals surface area contributed by atoms with Crippen LogP contribution in [0, 0.1) is 11.8 Å². The van der Waals surface area contributed by atoms with Crippen molar-refractivity contribution in [3.63, 3.8) is 0 Å². The number of rotatable bonds is 4. The Morgan fingerprint density at radius 2 is 2.00 bits per heavy atom. The second-order valence-corrected chi connectivity index (χ2v) is 7.62. The molecule has 4 rings (SSSR count). The molecular weight excluding hydrogens is 318 g/mol. The lowest BCUT2D eigenvalue weighted by molar-refractivity contribution is -0.168. The van der Waals surface area contributed by atoms with Gasteiger partial charge in [-0.2, -0.15) is 0 Å². The van der Waals surface area contributed by atoms with Crippen molar-refractivity contribution in [2.24, 2.45) is 11.8 Å². The van der Waals surface area contributed by atoms with Crippen molar-refractivity contribution in [2.45, 2.75) is 50.4 Å². The number of amides is 1. The molecule has 2 heterocycles. The van der Waals surface area contributed by atoms with Gasteiger partial charge >= 0.3 is 5.97 Å². The van der Waals surface area contributed by atoms with Crippen molar-refractivity contribution >= 4 is 11.9 Å². The van der Waals surface area contributed by atoms with Crippen molar-refractivity contribution in [3.05, 3.63) is 35.9 Å². The van der Waals surface area contributed by atoms with Crippen LogP contribution in [0.15, 0.2) is 30.3 Å². The fourth-order valence-corrected chi connectivity index (χ4v) is 5.30. The van der Waals surface area contributed by atoms with Crippen LogP contribution in [0.3, 0.4) is 0 Å². The average molecular weight is 343 g/mol. The standard InChI is InChI=1S/C20H25NO4/c1-20-14-9-6-10-15(20)17(18(22)21(20)12-11-14)25-19(23)16(24-2)13-7-4-3-5-8-13/h3-5,7-8,14-17H,6,9-12H2,1-2H3/t14-,15+,16-,17+,20+/m0/s1. The smallest absolute Gasteiger partial charge is 0.340 e. The summed E-state index contributed by atoms with van der Waals surface area (Å²) >= 11 is 0. The van der Waals surface area contributed by atoms with E-state index in [0.29, 0.717) is 5.92 Å². The van der Waals surface area contributed by atoms with E-state index in [-0.39, 0.29) is 17.4 Å². The van der Waals surface area contributed by atoms with Gasteiger partial charge in [-0.25, -0.2) is 4.79 Å². The Morgan fingerprint density at radius 1 is 1.24 bits per heavy atom. The molecule has 2 saturated heterocycles. The van der Waals surface area contributed by atoms with Gasteiger partial charge in [-0.05, 0) is 37.7 Å². The molecule has 3 aliphatic rings. The van der Waals surface area contributed by atoms with Gasteiger partial charge in [0.15, 0.2) is 12.2 Å². The Bertz CT molecular complexity index is 676. The molecule has 3 fully saturated rings. The molecule has 1 aromatic carbocycles. The third kappa shape index (κ3) is 2.40. The van der Waals surface area contributed by atoms with E-state index in [4.69, 9.17) is 9.47 Å². The van der Waals surface area contributed by atoms with Gasteiger partial charge in [0.25, 0.3) is 5.91 Å². The summed E-state index contributed by atoms with van der Waals surface area (Å²) in [7, 11) is 1.49. The molecule has 2 aliphatic heterocycles. The topological polar surface area (TPSA) is 55.8 Å². The molecule has 0 bridgehead atoms. The number of hydrogen-bond donors (Lipinski definition) is 0. The van der Waals surface area contributed by atoms with Crippen LogP contribution in [0.2, 0.25) is 0 Å². The van der Waals surface area contributed by atoms with Gasteiger partial charge in [-0.3, -0.25) is 4.79 Å². The van der Waals surface area contributed by atoms with Crippen LogP contribution in [-0.4, -0.2) is 42.1 Å². The maximum absolute atomic E-state index is 12.9. The number of carbonyl (C=O) groups excluding carboxylic acids is 2. The first-order valence-corrected chi connectivity index (χ1v) is 9.17. The first-order valence-electron chi connectivity index (χ1n) is 9.17. The fourth-order valence-electron chi connectivity index (χ4n) is 5.30. The van der Waals surface area contributed by atoms with E-state index in [1.165, 1.54) is 13.5 Å². The lowest BCUT2D eigenvalue weighted by Gasteiger charge is -2.42. The summed E-state index contributed by atoms with van der Waals surface area (Å²) in [5.41, 5.74) is 0.601. The SMILES string of the molecule is CO[C@H](C(=O)O[C@H]1C(=O)N2CC[C@@H]3CCC[C@H]1[C@@]32C)c1ccccc1. The van der Waals surface area contributed by atoms with Crippen LogP contribution in [0.5, 0.6) is 0 Å². The highest BCUT2D eigenvalue weighted by molar-refractivity contribution is 5.89. The van der Waals surface area contributed by atoms with Crippen molar-refractivity contribution < 1.29 is 19.1 Å². The minimum Gasteiger partial charge on any atom is -0.450 e. The largest absolute Gasteiger partial charge is 0.450 e. The first kappa shape index (κ1) is 16.6. The number of ether oxygens (including phenoxy) is 2. The number of esters is 1. The Morgan fingerprint density at radius 3 is 2.72 bits per heavy atom. The molecule has 1 aliphatic carbocycles. The summed E-state index contributed by atoms with van der Waals surface area (Å²) in [6, 6.07) is 9.28. The molecule has 5 atom stereocenters. The van der Waals surface area contributed by atoms with Crippen LogP contribution in [0.1, 0.15) is 44.3 Å². The quantitative estimate of drug-likeness (QED) is 0.789. The van der Waals surface area contributed by atoms with Gasteiger partial charge in [0.05, 0.1) is 0 Å². The lowest BCUT2D eigenvalue weighted by Crippen LogP contribution is -2.48. The summed E-state index contributed by atoms with van der Waals surface area (Å²) in [5.74, 6) is 0.136. The van der Waals surface area contributed by atoms with Crippen LogP contribution < -0.4 is 0 Å². The Labute approximate surface area is 148 Å². The molecule has 25 heavy (non-hydrogen) atoms. The van der Waals surface area contributed by atoms with E-state index in [2.05, 4.69) is 6.92 Å². The number of methoxy groups -OCH3 is 1. The van der Waals surface area contributed by atoms with Crippen molar-refractivity contribution in [1.29, 1.82) is 0 Å². The van der Waals surface area contributed by atoms with Crippen LogP contribution in [-0.2, 0) is 19.1 Å². The van der Waals surface area contributed by atoms with Crippen molar-refractivity contribution in [1.82, 2.24) is 4.90 Å².